The number of nitrogens with one attached hydrogen (secondary N) is 3. The molecule has 3 amide bonds. The van der Waals surface area contributed by atoms with E-state index in [1.165, 1.54) is 0 Å². The van der Waals surface area contributed by atoms with Crippen LogP contribution in [-0.2, 0) is 0 Å². The minimum absolute atomic E-state index is 0.135. The lowest BCUT2D eigenvalue weighted by Crippen LogP contribution is -2.30. The average molecular weight is 247 g/mol. The number of benzene rings is 1. The van der Waals surface area contributed by atoms with Gasteiger partial charge in [-0.3, -0.25) is 4.79 Å². The molecule has 1 aromatic carbocycles. The standard InChI is InChI=1S/C13H17N3O2/c1-2-14-12(17)9-4-3-5-11(8-9)16-13(18)15-10-6-7-10/h3-5,8,10H,2,6-7H2,1H3,(H,14,17)(H2,15,16,18). The van der Waals surface area contributed by atoms with Crippen LogP contribution >= 0.6 is 0 Å². The molecule has 1 saturated carbocycles. The third-order valence-electron chi connectivity index (χ3n) is 2.63. The molecular weight excluding hydrogens is 230 g/mol. The van der Waals surface area contributed by atoms with E-state index in [4.69, 9.17) is 0 Å². The fourth-order valence-corrected chi connectivity index (χ4v) is 1.58. The molecule has 18 heavy (non-hydrogen) atoms. The van der Waals surface area contributed by atoms with Gasteiger partial charge in [-0.15, -0.1) is 0 Å². The van der Waals surface area contributed by atoms with Crippen LogP contribution in [0.25, 0.3) is 0 Å². The lowest BCUT2D eigenvalue weighted by Gasteiger charge is -2.08. The number of anilines is 1. The maximum Gasteiger partial charge on any atom is 0.319 e. The van der Waals surface area contributed by atoms with Gasteiger partial charge < -0.3 is 16.0 Å². The summed E-state index contributed by atoms with van der Waals surface area (Å²) in [6.45, 7) is 2.45. The highest BCUT2D eigenvalue weighted by Crippen LogP contribution is 2.19. The van der Waals surface area contributed by atoms with E-state index in [-0.39, 0.29) is 11.9 Å². The van der Waals surface area contributed by atoms with Crippen LogP contribution in [-0.4, -0.2) is 24.5 Å². The van der Waals surface area contributed by atoms with Crippen LogP contribution in [0.2, 0.25) is 0 Å². The second kappa shape index (κ2) is 5.53. The van der Waals surface area contributed by atoms with E-state index in [9.17, 15) is 9.59 Å². The predicted molar refractivity (Wildman–Crippen MR) is 69.6 cm³/mol. The monoisotopic (exact) mass is 247 g/mol. The Morgan fingerprint density at radius 2 is 2.11 bits per heavy atom. The maximum atomic E-state index is 11.6. The van der Waals surface area contributed by atoms with Crippen LogP contribution < -0.4 is 16.0 Å². The molecule has 2 rings (SSSR count). The molecule has 0 aromatic heterocycles. The quantitative estimate of drug-likeness (QED) is 0.758. The van der Waals surface area contributed by atoms with Crippen molar-refractivity contribution in [3.63, 3.8) is 0 Å². The van der Waals surface area contributed by atoms with Crippen LogP contribution in [0.3, 0.4) is 0 Å². The Bertz CT molecular complexity index is 455. The van der Waals surface area contributed by atoms with Crippen LogP contribution in [0.15, 0.2) is 24.3 Å². The van der Waals surface area contributed by atoms with E-state index < -0.39 is 0 Å². The van der Waals surface area contributed by atoms with Gasteiger partial charge in [0.25, 0.3) is 5.91 Å². The van der Waals surface area contributed by atoms with Crippen molar-refractivity contribution in [2.75, 3.05) is 11.9 Å². The number of carbonyl (C=O) groups excluding carboxylic acids is 2. The molecule has 1 aliphatic carbocycles. The molecule has 1 aromatic rings. The number of carbonyl (C=O) groups is 2. The Morgan fingerprint density at radius 1 is 1.33 bits per heavy atom. The summed E-state index contributed by atoms with van der Waals surface area (Å²) in [7, 11) is 0. The molecule has 0 atom stereocenters. The first kappa shape index (κ1) is 12.4. The third kappa shape index (κ3) is 3.48. The third-order valence-corrected chi connectivity index (χ3v) is 2.63. The van der Waals surface area contributed by atoms with Crippen molar-refractivity contribution >= 4 is 17.6 Å². The molecule has 0 aliphatic heterocycles. The van der Waals surface area contributed by atoms with E-state index in [1.54, 1.807) is 24.3 Å². The Balaban J connectivity index is 1.97. The fourth-order valence-electron chi connectivity index (χ4n) is 1.58. The molecule has 1 aliphatic rings. The number of urea groups is 1. The molecule has 0 saturated heterocycles. The molecule has 3 N–H and O–H groups in total. The molecular formula is C13H17N3O2. The summed E-state index contributed by atoms with van der Waals surface area (Å²) >= 11 is 0. The van der Waals surface area contributed by atoms with Crippen molar-refractivity contribution in [1.82, 2.24) is 10.6 Å². The van der Waals surface area contributed by atoms with Crippen molar-refractivity contribution in [2.24, 2.45) is 0 Å². The van der Waals surface area contributed by atoms with Crippen LogP contribution in [0.5, 0.6) is 0 Å². The molecule has 96 valence electrons. The summed E-state index contributed by atoms with van der Waals surface area (Å²) in [5, 5.41) is 8.26. The zero-order chi connectivity index (χ0) is 13.0. The van der Waals surface area contributed by atoms with Gasteiger partial charge >= 0.3 is 6.03 Å². The summed E-state index contributed by atoms with van der Waals surface area (Å²) in [6, 6.07) is 6.99. The van der Waals surface area contributed by atoms with Crippen molar-refractivity contribution in [3.05, 3.63) is 29.8 Å². The second-order valence-electron chi connectivity index (χ2n) is 4.31. The first-order valence-electron chi connectivity index (χ1n) is 6.15. The highest BCUT2D eigenvalue weighted by atomic mass is 16.2. The second-order valence-corrected chi connectivity index (χ2v) is 4.31. The minimum atomic E-state index is -0.217. The van der Waals surface area contributed by atoms with E-state index in [0.717, 1.165) is 12.8 Å². The van der Waals surface area contributed by atoms with Gasteiger partial charge in [0.05, 0.1) is 0 Å². The molecule has 0 heterocycles. The number of amides is 3. The van der Waals surface area contributed by atoms with Gasteiger partial charge in [-0.1, -0.05) is 6.07 Å². The zero-order valence-electron chi connectivity index (χ0n) is 10.3. The normalized spacial score (nSPS) is 13.8. The lowest BCUT2D eigenvalue weighted by molar-refractivity contribution is 0.0956. The summed E-state index contributed by atoms with van der Waals surface area (Å²) in [6.07, 6.45) is 2.10. The van der Waals surface area contributed by atoms with Crippen molar-refractivity contribution in [3.8, 4) is 0 Å². The van der Waals surface area contributed by atoms with Gasteiger partial charge in [-0.2, -0.15) is 0 Å². The Labute approximate surface area is 106 Å². The SMILES string of the molecule is CCNC(=O)c1cccc(NC(=O)NC2CC2)c1. The molecule has 5 nitrogen and oxygen atoms in total. The van der Waals surface area contributed by atoms with E-state index >= 15 is 0 Å². The Morgan fingerprint density at radius 3 is 2.78 bits per heavy atom. The largest absolute Gasteiger partial charge is 0.352 e. The number of hydrogen-bond donors (Lipinski definition) is 3. The molecule has 0 spiro atoms. The lowest BCUT2D eigenvalue weighted by atomic mass is 10.2. The average Bonchev–Trinajstić information content (AvgIpc) is 3.13. The van der Waals surface area contributed by atoms with Gasteiger partial charge in [0.15, 0.2) is 0 Å². The Hall–Kier alpha value is -2.04. The summed E-state index contributed by atoms with van der Waals surface area (Å²) < 4.78 is 0. The topological polar surface area (TPSA) is 70.2 Å². The Kier molecular flexibility index (Phi) is 3.82. The first-order chi connectivity index (χ1) is 8.69. The minimum Gasteiger partial charge on any atom is -0.352 e. The highest BCUT2D eigenvalue weighted by molar-refractivity contribution is 5.96. The van der Waals surface area contributed by atoms with Crippen molar-refractivity contribution in [2.45, 2.75) is 25.8 Å². The van der Waals surface area contributed by atoms with E-state index in [0.29, 0.717) is 23.8 Å². The van der Waals surface area contributed by atoms with Gasteiger partial charge in [0, 0.05) is 23.8 Å². The van der Waals surface area contributed by atoms with Crippen molar-refractivity contribution in [1.29, 1.82) is 0 Å². The number of rotatable bonds is 4. The van der Waals surface area contributed by atoms with Gasteiger partial charge in [-0.25, -0.2) is 4.79 Å². The van der Waals surface area contributed by atoms with Crippen molar-refractivity contribution < 1.29 is 9.59 Å². The smallest absolute Gasteiger partial charge is 0.319 e. The zero-order valence-corrected chi connectivity index (χ0v) is 10.3. The van der Waals surface area contributed by atoms with E-state index in [2.05, 4.69) is 16.0 Å². The van der Waals surface area contributed by atoms with Gasteiger partial charge in [0.2, 0.25) is 0 Å². The molecule has 0 radical (unpaired) electrons. The summed E-state index contributed by atoms with van der Waals surface area (Å²) in [5.41, 5.74) is 1.16. The van der Waals surface area contributed by atoms with Gasteiger partial charge in [0.1, 0.15) is 0 Å². The van der Waals surface area contributed by atoms with E-state index in [1.807, 2.05) is 6.92 Å². The summed E-state index contributed by atoms with van der Waals surface area (Å²) in [5.74, 6) is -0.135. The van der Waals surface area contributed by atoms with Crippen LogP contribution in [0.4, 0.5) is 10.5 Å². The molecule has 0 unspecified atom stereocenters. The predicted octanol–water partition coefficient (Wildman–Crippen LogP) is 1.72. The molecule has 5 heteroatoms. The van der Waals surface area contributed by atoms with Gasteiger partial charge in [-0.05, 0) is 38.0 Å². The summed E-state index contributed by atoms with van der Waals surface area (Å²) in [4.78, 5) is 23.2. The maximum absolute atomic E-state index is 11.6. The number of hydrogen-bond acceptors (Lipinski definition) is 2. The first-order valence-corrected chi connectivity index (χ1v) is 6.15. The van der Waals surface area contributed by atoms with Crippen LogP contribution in [0, 0.1) is 0 Å². The molecule has 0 bridgehead atoms. The molecule has 1 fully saturated rings. The van der Waals surface area contributed by atoms with Crippen LogP contribution in [0.1, 0.15) is 30.1 Å². The fraction of sp³-hybridized carbons (Fsp3) is 0.385. The highest BCUT2D eigenvalue weighted by Gasteiger charge is 2.23.